The van der Waals surface area contributed by atoms with E-state index < -0.39 is 6.09 Å². The Kier molecular flexibility index (Phi) is 4.47. The number of hydrogen-bond acceptors (Lipinski definition) is 2. The van der Waals surface area contributed by atoms with Gasteiger partial charge < -0.3 is 10.0 Å². The Balaban J connectivity index is 3.05. The van der Waals surface area contributed by atoms with Gasteiger partial charge in [0, 0.05) is 0 Å². The van der Waals surface area contributed by atoms with Crippen molar-refractivity contribution < 1.29 is 9.90 Å². The Hall–Kier alpha value is -2.59. The molecule has 0 aliphatic rings. The number of anilines is 2. The van der Waals surface area contributed by atoms with E-state index in [1.54, 1.807) is 29.2 Å². The molecule has 0 aliphatic carbocycles. The molecule has 0 fully saturated rings. The fourth-order valence-electron chi connectivity index (χ4n) is 1.42. The van der Waals surface area contributed by atoms with E-state index in [2.05, 4.69) is 17.2 Å². The highest BCUT2D eigenvalue weighted by molar-refractivity contribution is 5.88. The molecule has 1 rings (SSSR count). The summed E-state index contributed by atoms with van der Waals surface area (Å²) in [5.41, 5.74) is 1.14. The van der Waals surface area contributed by atoms with Crippen molar-refractivity contribution in [3.8, 4) is 24.7 Å². The minimum atomic E-state index is -1.13. The van der Waals surface area contributed by atoms with Crippen LogP contribution in [0.3, 0.4) is 0 Å². The Bertz CT molecular complexity index is 467. The van der Waals surface area contributed by atoms with Crippen LogP contribution in [-0.2, 0) is 0 Å². The summed E-state index contributed by atoms with van der Waals surface area (Å²) >= 11 is 0. The van der Waals surface area contributed by atoms with Crippen molar-refractivity contribution in [3.63, 3.8) is 0 Å². The Morgan fingerprint density at radius 3 is 2.41 bits per heavy atom. The summed E-state index contributed by atoms with van der Waals surface area (Å²) < 4.78 is 0. The molecule has 1 aromatic carbocycles. The number of para-hydroxylation sites is 2. The van der Waals surface area contributed by atoms with Crippen LogP contribution >= 0.6 is 0 Å². The number of terminal acetylenes is 2. The second kappa shape index (κ2) is 6.09. The van der Waals surface area contributed by atoms with Gasteiger partial charge in [-0.3, -0.25) is 5.32 Å². The molecule has 2 N–H and O–H groups in total. The van der Waals surface area contributed by atoms with Gasteiger partial charge in [0.2, 0.25) is 0 Å². The van der Waals surface area contributed by atoms with Crippen LogP contribution in [0.25, 0.3) is 0 Å². The molecule has 0 unspecified atom stereocenters. The standard InChI is InChI=1S/C13H12N2O2/c1-3-9-15(10-4-2)12-8-6-5-7-11(12)14-13(16)17/h1-2,5-8,14H,9-10H2,(H,16,17). The average molecular weight is 228 g/mol. The summed E-state index contributed by atoms with van der Waals surface area (Å²) in [6, 6.07) is 6.95. The molecule has 0 aromatic heterocycles. The van der Waals surface area contributed by atoms with Gasteiger partial charge in [-0.25, -0.2) is 4.79 Å². The third-order valence-corrected chi connectivity index (χ3v) is 2.05. The first kappa shape index (κ1) is 12.5. The van der Waals surface area contributed by atoms with Crippen LogP contribution in [0.2, 0.25) is 0 Å². The SMILES string of the molecule is C#CCN(CC#C)c1ccccc1NC(=O)O. The lowest BCUT2D eigenvalue weighted by molar-refractivity contribution is 0.210. The minimum Gasteiger partial charge on any atom is -0.465 e. The van der Waals surface area contributed by atoms with Gasteiger partial charge >= 0.3 is 6.09 Å². The van der Waals surface area contributed by atoms with Gasteiger partial charge in [-0.2, -0.15) is 0 Å². The zero-order valence-electron chi connectivity index (χ0n) is 9.18. The van der Waals surface area contributed by atoms with Crippen molar-refractivity contribution in [1.82, 2.24) is 0 Å². The van der Waals surface area contributed by atoms with Crippen LogP contribution in [0.5, 0.6) is 0 Å². The fourth-order valence-corrected chi connectivity index (χ4v) is 1.42. The van der Waals surface area contributed by atoms with E-state index in [0.29, 0.717) is 24.5 Å². The van der Waals surface area contributed by atoms with Crippen molar-refractivity contribution >= 4 is 17.5 Å². The van der Waals surface area contributed by atoms with Crippen LogP contribution in [0.15, 0.2) is 24.3 Å². The van der Waals surface area contributed by atoms with Gasteiger partial charge in [0.1, 0.15) is 0 Å². The number of benzene rings is 1. The second-order valence-corrected chi connectivity index (χ2v) is 3.21. The fraction of sp³-hybridized carbons (Fsp3) is 0.154. The maximum Gasteiger partial charge on any atom is 0.409 e. The summed E-state index contributed by atoms with van der Waals surface area (Å²) in [6.07, 6.45) is 9.38. The monoisotopic (exact) mass is 228 g/mol. The highest BCUT2D eigenvalue weighted by Gasteiger charge is 2.10. The predicted octanol–water partition coefficient (Wildman–Crippen LogP) is 1.85. The second-order valence-electron chi connectivity index (χ2n) is 3.21. The summed E-state index contributed by atoms with van der Waals surface area (Å²) in [6.45, 7) is 0.644. The highest BCUT2D eigenvalue weighted by atomic mass is 16.4. The molecule has 86 valence electrons. The highest BCUT2D eigenvalue weighted by Crippen LogP contribution is 2.25. The molecule has 0 bridgehead atoms. The first-order valence-electron chi connectivity index (χ1n) is 4.90. The van der Waals surface area contributed by atoms with Crippen LogP contribution in [0, 0.1) is 24.7 Å². The maximum absolute atomic E-state index is 10.6. The zero-order chi connectivity index (χ0) is 12.7. The summed E-state index contributed by atoms with van der Waals surface area (Å²) in [4.78, 5) is 12.4. The van der Waals surface area contributed by atoms with Crippen LogP contribution < -0.4 is 10.2 Å². The summed E-state index contributed by atoms with van der Waals surface area (Å²) in [5.74, 6) is 4.97. The van der Waals surface area contributed by atoms with Gasteiger partial charge in [0.25, 0.3) is 0 Å². The molecular weight excluding hydrogens is 216 g/mol. The van der Waals surface area contributed by atoms with Crippen LogP contribution in [0.4, 0.5) is 16.2 Å². The quantitative estimate of drug-likeness (QED) is 0.773. The molecule has 0 spiro atoms. The summed E-state index contributed by atoms with van der Waals surface area (Å²) in [7, 11) is 0. The topological polar surface area (TPSA) is 52.6 Å². The normalized spacial score (nSPS) is 8.82. The van der Waals surface area contributed by atoms with E-state index >= 15 is 0 Å². The molecule has 0 atom stereocenters. The molecule has 4 nitrogen and oxygen atoms in total. The third kappa shape index (κ3) is 3.48. The number of hydrogen-bond donors (Lipinski definition) is 2. The predicted molar refractivity (Wildman–Crippen MR) is 68.0 cm³/mol. The van der Waals surface area contributed by atoms with Crippen LogP contribution in [-0.4, -0.2) is 24.3 Å². The van der Waals surface area contributed by atoms with Crippen molar-refractivity contribution in [2.75, 3.05) is 23.3 Å². The molecule has 1 amide bonds. The lowest BCUT2D eigenvalue weighted by atomic mass is 10.2. The number of carboxylic acid groups (broad SMARTS) is 1. The molecule has 17 heavy (non-hydrogen) atoms. The first-order chi connectivity index (χ1) is 8.19. The Morgan fingerprint density at radius 1 is 1.29 bits per heavy atom. The molecule has 0 aliphatic heterocycles. The largest absolute Gasteiger partial charge is 0.465 e. The molecule has 0 radical (unpaired) electrons. The maximum atomic E-state index is 10.6. The van der Waals surface area contributed by atoms with Gasteiger partial charge in [-0.1, -0.05) is 24.0 Å². The molecular formula is C13H12N2O2. The average Bonchev–Trinajstić information content (AvgIpc) is 2.29. The van der Waals surface area contributed by atoms with Crippen molar-refractivity contribution in [3.05, 3.63) is 24.3 Å². The number of carbonyl (C=O) groups is 1. The van der Waals surface area contributed by atoms with Crippen molar-refractivity contribution in [1.29, 1.82) is 0 Å². The van der Waals surface area contributed by atoms with E-state index in [4.69, 9.17) is 18.0 Å². The molecule has 4 heteroatoms. The lowest BCUT2D eigenvalue weighted by Gasteiger charge is -2.22. The molecule has 0 heterocycles. The summed E-state index contributed by atoms with van der Waals surface area (Å²) in [5, 5.41) is 11.0. The van der Waals surface area contributed by atoms with Gasteiger partial charge in [0.15, 0.2) is 0 Å². The number of nitrogens with zero attached hydrogens (tertiary/aromatic N) is 1. The van der Waals surface area contributed by atoms with E-state index in [0.717, 1.165) is 0 Å². The first-order valence-corrected chi connectivity index (χ1v) is 4.90. The van der Waals surface area contributed by atoms with E-state index in [9.17, 15) is 4.79 Å². The van der Waals surface area contributed by atoms with Crippen molar-refractivity contribution in [2.45, 2.75) is 0 Å². The Labute approximate surface area is 100 Å². The Morgan fingerprint density at radius 2 is 1.88 bits per heavy atom. The zero-order valence-corrected chi connectivity index (χ0v) is 9.18. The van der Waals surface area contributed by atoms with Crippen LogP contribution in [0.1, 0.15) is 0 Å². The van der Waals surface area contributed by atoms with E-state index in [-0.39, 0.29) is 0 Å². The van der Waals surface area contributed by atoms with E-state index in [1.165, 1.54) is 0 Å². The van der Waals surface area contributed by atoms with Gasteiger partial charge in [-0.05, 0) is 12.1 Å². The number of nitrogens with one attached hydrogen (secondary N) is 1. The molecule has 0 saturated heterocycles. The lowest BCUT2D eigenvalue weighted by Crippen LogP contribution is -2.25. The number of rotatable bonds is 4. The molecule has 0 saturated carbocycles. The number of amides is 1. The van der Waals surface area contributed by atoms with Crippen molar-refractivity contribution in [2.24, 2.45) is 0 Å². The smallest absolute Gasteiger partial charge is 0.409 e. The van der Waals surface area contributed by atoms with Gasteiger partial charge in [-0.15, -0.1) is 12.8 Å². The van der Waals surface area contributed by atoms with Gasteiger partial charge in [0.05, 0.1) is 24.5 Å². The van der Waals surface area contributed by atoms with E-state index in [1.807, 2.05) is 0 Å². The third-order valence-electron chi connectivity index (χ3n) is 2.05. The minimum absolute atomic E-state index is 0.322. The molecule has 1 aromatic rings.